The van der Waals surface area contributed by atoms with Gasteiger partial charge in [0.1, 0.15) is 5.78 Å². The van der Waals surface area contributed by atoms with Crippen LogP contribution in [0.3, 0.4) is 0 Å². The number of hydrogen-bond acceptors (Lipinski definition) is 9. The van der Waals surface area contributed by atoms with Crippen LogP contribution in [0.5, 0.6) is 0 Å². The Morgan fingerprint density at radius 1 is 1.09 bits per heavy atom. The van der Waals surface area contributed by atoms with E-state index in [1.807, 2.05) is 32.9 Å². The van der Waals surface area contributed by atoms with Gasteiger partial charge in [0.05, 0.1) is 54.7 Å². The minimum atomic E-state index is -1.10. The third-order valence-electron chi connectivity index (χ3n) is 11.7. The Labute approximate surface area is 282 Å². The summed E-state index contributed by atoms with van der Waals surface area (Å²) < 4.78 is 25.8. The molecule has 4 rings (SSSR count). The van der Waals surface area contributed by atoms with Crippen LogP contribution in [0.4, 0.5) is 0 Å². The number of Topliss-reactive ketones (excluding diaryl/α,β-unsaturated/α-hetero) is 1. The lowest BCUT2D eigenvalue weighted by molar-refractivity contribution is -0.315. The standard InChI is InChI=1S/C37H63NO9/c1-8-27(34(42)22(3)18-21(2)30-11-9-10-26(45-30)20-33(40)41)35-23(4)19-24(5)37(47-35)17-14-28(38)31(46-37)15-16-36(7,43)32-13-12-29(39)25(6)44-32/h14,17,21-32,35,39,43H,8-13,15-16,18-20,38H2,1-7H3,(H,40,41)/t21-,22-,23-,24+,25-,26+,27?,28+,29+,30+,31-,32+,35-,36?,37+/m0/s1. The molecular weight excluding hydrogens is 602 g/mol. The molecule has 5 N–H and O–H groups in total. The number of carboxylic acid groups (broad SMARTS) is 1. The summed E-state index contributed by atoms with van der Waals surface area (Å²) >= 11 is 0. The average Bonchev–Trinajstić information content (AvgIpc) is 3.01. The smallest absolute Gasteiger partial charge is 0.305 e. The van der Waals surface area contributed by atoms with Gasteiger partial charge in [-0.1, -0.05) is 40.7 Å². The molecule has 0 amide bonds. The first-order chi connectivity index (χ1) is 22.1. The second-order valence-corrected chi connectivity index (χ2v) is 15.7. The average molecular weight is 666 g/mol. The van der Waals surface area contributed by atoms with Crippen LogP contribution in [0.25, 0.3) is 0 Å². The summed E-state index contributed by atoms with van der Waals surface area (Å²) in [5, 5.41) is 30.7. The zero-order chi connectivity index (χ0) is 34.7. The molecule has 15 atom stereocenters. The fourth-order valence-corrected chi connectivity index (χ4v) is 8.61. The van der Waals surface area contributed by atoms with E-state index in [9.17, 15) is 24.9 Å². The van der Waals surface area contributed by atoms with Gasteiger partial charge in [-0.3, -0.25) is 9.59 Å². The van der Waals surface area contributed by atoms with Gasteiger partial charge in [-0.2, -0.15) is 0 Å². The molecule has 0 aromatic heterocycles. The predicted molar refractivity (Wildman–Crippen MR) is 178 cm³/mol. The topological polar surface area (TPSA) is 158 Å². The van der Waals surface area contributed by atoms with Crippen LogP contribution in [0.2, 0.25) is 0 Å². The first-order valence-corrected chi connectivity index (χ1v) is 18.3. The van der Waals surface area contributed by atoms with Crippen molar-refractivity contribution in [1.29, 1.82) is 0 Å². The Kier molecular flexibility index (Phi) is 13.1. The molecule has 1 spiro atoms. The SMILES string of the molecule is CCC(C(=O)[C@@H](C)C[C@H](C)[C@H]1CCC[C@H](CC(=O)O)O1)[C@H]1O[C@]2(C=C[C@@H](N)[C@H](CCC(C)(O)[C@H]3CC[C@@H](O)[C@H](C)O3)O2)[C@H](C)C[C@@H]1C. The van der Waals surface area contributed by atoms with E-state index in [1.165, 1.54) is 0 Å². The quantitative estimate of drug-likeness (QED) is 0.194. The molecule has 10 nitrogen and oxygen atoms in total. The lowest BCUT2D eigenvalue weighted by atomic mass is 9.74. The molecular formula is C37H63NO9. The maximum atomic E-state index is 14.1. The van der Waals surface area contributed by atoms with Crippen LogP contribution in [0.1, 0.15) is 119 Å². The molecule has 47 heavy (non-hydrogen) atoms. The molecule has 3 fully saturated rings. The Bertz CT molecular complexity index is 1080. The van der Waals surface area contributed by atoms with Crippen molar-refractivity contribution in [2.45, 2.75) is 179 Å². The van der Waals surface area contributed by atoms with E-state index in [4.69, 9.17) is 24.7 Å². The first kappa shape index (κ1) is 38.4. The first-order valence-electron chi connectivity index (χ1n) is 18.3. The largest absolute Gasteiger partial charge is 0.481 e. The molecule has 0 aliphatic carbocycles. The van der Waals surface area contributed by atoms with Crippen molar-refractivity contribution in [3.8, 4) is 0 Å². The van der Waals surface area contributed by atoms with E-state index >= 15 is 0 Å². The monoisotopic (exact) mass is 665 g/mol. The zero-order valence-corrected chi connectivity index (χ0v) is 29.8. The van der Waals surface area contributed by atoms with Crippen LogP contribution in [-0.4, -0.2) is 87.2 Å². The second-order valence-electron chi connectivity index (χ2n) is 15.7. The highest BCUT2D eigenvalue weighted by Gasteiger charge is 2.52. The van der Waals surface area contributed by atoms with Crippen molar-refractivity contribution < 1.29 is 43.9 Å². The minimum absolute atomic E-state index is 0.0213. The number of aliphatic hydroxyl groups excluding tert-OH is 1. The third-order valence-corrected chi connectivity index (χ3v) is 11.7. The molecule has 270 valence electrons. The lowest BCUT2D eigenvalue weighted by Gasteiger charge is -2.52. The zero-order valence-electron chi connectivity index (χ0n) is 29.8. The van der Waals surface area contributed by atoms with E-state index in [2.05, 4.69) is 20.8 Å². The summed E-state index contributed by atoms with van der Waals surface area (Å²) in [6, 6.07) is -0.361. The van der Waals surface area contributed by atoms with E-state index in [0.717, 1.165) is 25.7 Å². The predicted octanol–water partition coefficient (Wildman–Crippen LogP) is 5.16. The van der Waals surface area contributed by atoms with Crippen LogP contribution in [0.15, 0.2) is 12.2 Å². The number of carbonyl (C=O) groups is 2. The summed E-state index contributed by atoms with van der Waals surface area (Å²) in [5.74, 6) is -1.82. The number of ether oxygens (including phenoxy) is 4. The van der Waals surface area contributed by atoms with Crippen molar-refractivity contribution in [2.75, 3.05) is 0 Å². The Morgan fingerprint density at radius 3 is 2.47 bits per heavy atom. The normalized spacial score (nSPS) is 41.1. The number of carbonyl (C=O) groups excluding carboxylic acids is 1. The Morgan fingerprint density at radius 2 is 1.81 bits per heavy atom. The fourth-order valence-electron chi connectivity index (χ4n) is 8.61. The third kappa shape index (κ3) is 9.24. The van der Waals surface area contributed by atoms with Gasteiger partial charge in [-0.25, -0.2) is 0 Å². The number of nitrogens with two attached hydrogens (primary N) is 1. The maximum absolute atomic E-state index is 14.1. The number of aliphatic hydroxyl groups is 2. The van der Waals surface area contributed by atoms with E-state index in [1.54, 1.807) is 6.92 Å². The molecule has 0 radical (unpaired) electrons. The lowest BCUT2D eigenvalue weighted by Crippen LogP contribution is -2.59. The summed E-state index contributed by atoms with van der Waals surface area (Å²) in [6.07, 6.45) is 8.55. The summed E-state index contributed by atoms with van der Waals surface area (Å²) in [5.41, 5.74) is 5.43. The second kappa shape index (κ2) is 16.1. The van der Waals surface area contributed by atoms with Gasteiger partial charge >= 0.3 is 5.97 Å². The highest BCUT2D eigenvalue weighted by molar-refractivity contribution is 5.83. The van der Waals surface area contributed by atoms with Gasteiger partial charge in [0.15, 0.2) is 5.79 Å². The van der Waals surface area contributed by atoms with Crippen LogP contribution < -0.4 is 5.73 Å². The van der Waals surface area contributed by atoms with Crippen LogP contribution in [0, 0.1) is 29.6 Å². The van der Waals surface area contributed by atoms with E-state index in [-0.39, 0.29) is 84.5 Å². The molecule has 3 saturated heterocycles. The fraction of sp³-hybridized carbons (Fsp3) is 0.892. The molecule has 0 aromatic rings. The summed E-state index contributed by atoms with van der Waals surface area (Å²) in [6.45, 7) is 14.1. The van der Waals surface area contributed by atoms with Gasteiger partial charge in [0, 0.05) is 23.8 Å². The molecule has 4 aliphatic rings. The van der Waals surface area contributed by atoms with Gasteiger partial charge in [-0.15, -0.1) is 0 Å². The molecule has 2 unspecified atom stereocenters. The van der Waals surface area contributed by atoms with Crippen molar-refractivity contribution in [1.82, 2.24) is 0 Å². The molecule has 10 heteroatoms. The van der Waals surface area contributed by atoms with E-state index in [0.29, 0.717) is 38.5 Å². The van der Waals surface area contributed by atoms with E-state index < -0.39 is 23.5 Å². The summed E-state index contributed by atoms with van der Waals surface area (Å²) in [4.78, 5) is 25.3. The molecule has 0 aromatic carbocycles. The number of carboxylic acids is 1. The molecule has 4 heterocycles. The van der Waals surface area contributed by atoms with Gasteiger partial charge in [0.2, 0.25) is 0 Å². The number of hydrogen-bond donors (Lipinski definition) is 4. The Balaban J connectivity index is 1.40. The Hall–Kier alpha value is -1.40. The molecule has 0 bridgehead atoms. The van der Waals surface area contributed by atoms with Crippen molar-refractivity contribution in [3.63, 3.8) is 0 Å². The minimum Gasteiger partial charge on any atom is -0.481 e. The van der Waals surface area contributed by atoms with Gasteiger partial charge in [0.25, 0.3) is 0 Å². The summed E-state index contributed by atoms with van der Waals surface area (Å²) in [7, 11) is 0. The number of ketones is 1. The highest BCUT2D eigenvalue weighted by Crippen LogP contribution is 2.46. The molecule has 4 aliphatic heterocycles. The van der Waals surface area contributed by atoms with Crippen molar-refractivity contribution >= 4 is 11.8 Å². The number of aliphatic carboxylic acids is 1. The highest BCUT2D eigenvalue weighted by atomic mass is 16.7. The van der Waals surface area contributed by atoms with Crippen LogP contribution >= 0.6 is 0 Å². The van der Waals surface area contributed by atoms with Crippen molar-refractivity contribution in [2.24, 2.45) is 35.3 Å². The maximum Gasteiger partial charge on any atom is 0.305 e. The van der Waals surface area contributed by atoms with Crippen molar-refractivity contribution in [3.05, 3.63) is 12.2 Å². The number of rotatable bonds is 13. The molecule has 0 saturated carbocycles. The van der Waals surface area contributed by atoms with Crippen LogP contribution in [-0.2, 0) is 28.5 Å². The van der Waals surface area contributed by atoms with Gasteiger partial charge in [-0.05, 0) is 96.0 Å². The van der Waals surface area contributed by atoms with Gasteiger partial charge < -0.3 is 40.0 Å².